The minimum absolute atomic E-state index is 0.233. The van der Waals surface area contributed by atoms with E-state index < -0.39 is 10.0 Å². The Morgan fingerprint density at radius 3 is 2.40 bits per heavy atom. The summed E-state index contributed by atoms with van der Waals surface area (Å²) < 4.78 is 31.9. The van der Waals surface area contributed by atoms with Crippen LogP contribution >= 0.6 is 0 Å². The Morgan fingerprint density at radius 2 is 1.85 bits per heavy atom. The monoisotopic (exact) mass is 292 g/mol. The number of nitrogens with one attached hydrogen (secondary N) is 1. The van der Waals surface area contributed by atoms with Crippen molar-refractivity contribution in [1.82, 2.24) is 4.98 Å². The lowest BCUT2D eigenvalue weighted by Crippen LogP contribution is -2.13. The van der Waals surface area contributed by atoms with Gasteiger partial charge in [-0.3, -0.25) is 4.72 Å². The summed E-state index contributed by atoms with van der Waals surface area (Å²) in [5.41, 5.74) is 2.37. The fourth-order valence-corrected chi connectivity index (χ4v) is 2.78. The molecule has 0 bridgehead atoms. The molecule has 0 fully saturated rings. The van der Waals surface area contributed by atoms with Gasteiger partial charge in [-0.2, -0.15) is 0 Å². The lowest BCUT2D eigenvalue weighted by molar-refractivity contribution is 0.398. The molecule has 0 atom stereocenters. The van der Waals surface area contributed by atoms with Crippen molar-refractivity contribution in [2.45, 2.75) is 18.7 Å². The second-order valence-electron chi connectivity index (χ2n) is 4.44. The molecule has 1 N–H and O–H groups in total. The molecule has 0 amide bonds. The van der Waals surface area contributed by atoms with Gasteiger partial charge in [-0.15, -0.1) is 0 Å². The molecule has 2 rings (SSSR count). The number of rotatable bonds is 4. The molecule has 1 aromatic carbocycles. The standard InChI is InChI=1S/C14H16N2O3S/c1-10-4-6-13(8-11(10)2)20(17,18)16-12-5-7-14(19-3)15-9-12/h4-9,16H,1-3H3. The SMILES string of the molecule is COc1ccc(NS(=O)(=O)c2ccc(C)c(C)c2)cn1. The van der Waals surface area contributed by atoms with Crippen LogP contribution in [0.3, 0.4) is 0 Å². The van der Waals surface area contributed by atoms with Gasteiger partial charge in [0.1, 0.15) is 0 Å². The fourth-order valence-electron chi connectivity index (χ4n) is 1.66. The number of nitrogens with zero attached hydrogens (tertiary/aromatic N) is 1. The van der Waals surface area contributed by atoms with E-state index in [2.05, 4.69) is 9.71 Å². The van der Waals surface area contributed by atoms with E-state index in [4.69, 9.17) is 4.74 Å². The van der Waals surface area contributed by atoms with Gasteiger partial charge in [-0.25, -0.2) is 13.4 Å². The van der Waals surface area contributed by atoms with Crippen molar-refractivity contribution in [2.24, 2.45) is 0 Å². The third-order valence-corrected chi connectivity index (χ3v) is 4.37. The number of pyridine rings is 1. The zero-order chi connectivity index (χ0) is 14.8. The van der Waals surface area contributed by atoms with Gasteiger partial charge in [-0.05, 0) is 43.2 Å². The van der Waals surface area contributed by atoms with E-state index in [1.807, 2.05) is 13.8 Å². The maximum Gasteiger partial charge on any atom is 0.261 e. The number of methoxy groups -OCH3 is 1. The summed E-state index contributed by atoms with van der Waals surface area (Å²) in [4.78, 5) is 4.19. The van der Waals surface area contributed by atoms with E-state index in [1.54, 1.807) is 30.3 Å². The molecule has 2 aromatic rings. The Morgan fingerprint density at radius 1 is 1.10 bits per heavy atom. The van der Waals surface area contributed by atoms with Crippen LogP contribution in [0.4, 0.5) is 5.69 Å². The van der Waals surface area contributed by atoms with E-state index >= 15 is 0 Å². The highest BCUT2D eigenvalue weighted by molar-refractivity contribution is 7.92. The molecule has 20 heavy (non-hydrogen) atoms. The quantitative estimate of drug-likeness (QED) is 0.940. The van der Waals surface area contributed by atoms with E-state index in [9.17, 15) is 8.42 Å². The second kappa shape index (κ2) is 5.50. The van der Waals surface area contributed by atoms with Crippen molar-refractivity contribution < 1.29 is 13.2 Å². The molecule has 0 aliphatic carbocycles. The Bertz CT molecular complexity index is 710. The van der Waals surface area contributed by atoms with Crippen LogP contribution in [0, 0.1) is 13.8 Å². The first-order valence-corrected chi connectivity index (χ1v) is 7.51. The van der Waals surface area contributed by atoms with Crippen LogP contribution in [0.1, 0.15) is 11.1 Å². The van der Waals surface area contributed by atoms with Gasteiger partial charge in [0, 0.05) is 6.07 Å². The van der Waals surface area contributed by atoms with Crippen LogP contribution in [0.5, 0.6) is 5.88 Å². The fraction of sp³-hybridized carbons (Fsp3) is 0.214. The molecule has 1 heterocycles. The lowest BCUT2D eigenvalue weighted by Gasteiger charge is -2.09. The van der Waals surface area contributed by atoms with Crippen molar-refractivity contribution in [3.8, 4) is 5.88 Å². The zero-order valence-corrected chi connectivity index (χ0v) is 12.4. The number of ether oxygens (including phenoxy) is 1. The minimum atomic E-state index is -3.60. The average Bonchev–Trinajstić information content (AvgIpc) is 2.42. The number of aromatic nitrogens is 1. The highest BCUT2D eigenvalue weighted by Crippen LogP contribution is 2.19. The number of hydrogen-bond donors (Lipinski definition) is 1. The summed E-state index contributed by atoms with van der Waals surface area (Å²) in [7, 11) is -2.10. The van der Waals surface area contributed by atoms with Crippen molar-refractivity contribution in [3.63, 3.8) is 0 Å². The normalized spacial score (nSPS) is 11.2. The van der Waals surface area contributed by atoms with Crippen LogP contribution in [0.25, 0.3) is 0 Å². The third kappa shape index (κ3) is 3.08. The van der Waals surface area contributed by atoms with Gasteiger partial charge >= 0.3 is 0 Å². The van der Waals surface area contributed by atoms with E-state index in [0.29, 0.717) is 11.6 Å². The van der Waals surface area contributed by atoms with Gasteiger partial charge in [0.25, 0.3) is 10.0 Å². The molecular formula is C14H16N2O3S. The van der Waals surface area contributed by atoms with Crippen molar-refractivity contribution in [3.05, 3.63) is 47.7 Å². The topological polar surface area (TPSA) is 68.3 Å². The van der Waals surface area contributed by atoms with E-state index in [1.165, 1.54) is 13.3 Å². The molecule has 1 aromatic heterocycles. The van der Waals surface area contributed by atoms with E-state index in [0.717, 1.165) is 11.1 Å². The summed E-state index contributed by atoms with van der Waals surface area (Å²) >= 11 is 0. The Labute approximate surface area is 118 Å². The molecule has 0 spiro atoms. The predicted molar refractivity (Wildman–Crippen MR) is 77.5 cm³/mol. The first-order chi connectivity index (χ1) is 9.42. The number of aryl methyl sites for hydroxylation is 2. The maximum absolute atomic E-state index is 12.2. The van der Waals surface area contributed by atoms with Gasteiger partial charge in [0.05, 0.1) is 23.9 Å². The second-order valence-corrected chi connectivity index (χ2v) is 6.12. The molecule has 0 saturated carbocycles. The molecule has 0 unspecified atom stereocenters. The van der Waals surface area contributed by atoms with Gasteiger partial charge in [0.15, 0.2) is 0 Å². The van der Waals surface area contributed by atoms with E-state index in [-0.39, 0.29) is 4.90 Å². The van der Waals surface area contributed by atoms with Crippen LogP contribution < -0.4 is 9.46 Å². The predicted octanol–water partition coefficient (Wildman–Crippen LogP) is 2.51. The summed E-state index contributed by atoms with van der Waals surface area (Å²) in [5.74, 6) is 0.430. The first kappa shape index (κ1) is 14.3. The largest absolute Gasteiger partial charge is 0.481 e. The third-order valence-electron chi connectivity index (χ3n) is 2.99. The summed E-state index contributed by atoms with van der Waals surface area (Å²) in [5, 5.41) is 0. The van der Waals surface area contributed by atoms with Crippen LogP contribution in [-0.2, 0) is 10.0 Å². The molecule has 0 saturated heterocycles. The molecule has 6 heteroatoms. The maximum atomic E-state index is 12.2. The summed E-state index contributed by atoms with van der Waals surface area (Å²) in [6.45, 7) is 3.82. The molecule has 0 aliphatic heterocycles. The van der Waals surface area contributed by atoms with Gasteiger partial charge in [-0.1, -0.05) is 6.07 Å². The zero-order valence-electron chi connectivity index (χ0n) is 11.5. The Balaban J connectivity index is 2.27. The molecule has 0 aliphatic rings. The highest BCUT2D eigenvalue weighted by atomic mass is 32.2. The smallest absolute Gasteiger partial charge is 0.261 e. The van der Waals surface area contributed by atoms with Crippen molar-refractivity contribution in [2.75, 3.05) is 11.8 Å². The minimum Gasteiger partial charge on any atom is -0.481 e. The average molecular weight is 292 g/mol. The van der Waals surface area contributed by atoms with Crippen molar-refractivity contribution in [1.29, 1.82) is 0 Å². The molecule has 5 nitrogen and oxygen atoms in total. The van der Waals surface area contributed by atoms with Crippen LogP contribution in [0.2, 0.25) is 0 Å². The number of anilines is 1. The molecular weight excluding hydrogens is 276 g/mol. The van der Waals surface area contributed by atoms with Crippen molar-refractivity contribution >= 4 is 15.7 Å². The highest BCUT2D eigenvalue weighted by Gasteiger charge is 2.15. The number of hydrogen-bond acceptors (Lipinski definition) is 4. The molecule has 0 radical (unpaired) electrons. The molecule has 106 valence electrons. The Kier molecular flexibility index (Phi) is 3.94. The van der Waals surface area contributed by atoms with Crippen LogP contribution in [0.15, 0.2) is 41.4 Å². The summed E-state index contributed by atoms with van der Waals surface area (Å²) in [6, 6.07) is 8.22. The summed E-state index contributed by atoms with van der Waals surface area (Å²) in [6.07, 6.45) is 1.41. The lowest BCUT2D eigenvalue weighted by atomic mass is 10.1. The number of benzene rings is 1. The number of sulfonamides is 1. The van der Waals surface area contributed by atoms with Crippen LogP contribution in [-0.4, -0.2) is 20.5 Å². The van der Waals surface area contributed by atoms with Gasteiger partial charge in [0.2, 0.25) is 5.88 Å². The first-order valence-electron chi connectivity index (χ1n) is 6.02. The Hall–Kier alpha value is -2.08. The van der Waals surface area contributed by atoms with Gasteiger partial charge < -0.3 is 4.74 Å².